The van der Waals surface area contributed by atoms with Gasteiger partial charge >= 0.3 is 11.9 Å². The molecule has 0 heterocycles. The Morgan fingerprint density at radius 3 is 2.25 bits per heavy atom. The summed E-state index contributed by atoms with van der Waals surface area (Å²) in [6.45, 7) is 0.554. The van der Waals surface area contributed by atoms with E-state index < -0.39 is 11.9 Å². The van der Waals surface area contributed by atoms with Crippen LogP contribution in [-0.2, 0) is 4.79 Å². The fourth-order valence-electron chi connectivity index (χ4n) is 1.20. The van der Waals surface area contributed by atoms with Gasteiger partial charge in [-0.05, 0) is 30.7 Å². The lowest BCUT2D eigenvalue weighted by Crippen LogP contribution is -2.05. The highest BCUT2D eigenvalue weighted by atomic mass is 16.4. The van der Waals surface area contributed by atoms with E-state index in [0.717, 1.165) is 5.69 Å². The van der Waals surface area contributed by atoms with E-state index in [1.54, 1.807) is 12.1 Å². The number of hydrogen-bond donors (Lipinski definition) is 3. The highest BCUT2D eigenvalue weighted by Crippen LogP contribution is 2.09. The van der Waals surface area contributed by atoms with Crippen LogP contribution in [-0.4, -0.2) is 28.7 Å². The van der Waals surface area contributed by atoms with Crippen molar-refractivity contribution in [2.45, 2.75) is 12.8 Å². The summed E-state index contributed by atoms with van der Waals surface area (Å²) in [5.41, 5.74) is 1.02. The molecule has 0 aliphatic heterocycles. The first kappa shape index (κ1) is 12.0. The molecule has 0 amide bonds. The summed E-state index contributed by atoms with van der Waals surface area (Å²) in [7, 11) is 0. The van der Waals surface area contributed by atoms with E-state index in [1.807, 2.05) is 0 Å². The zero-order valence-corrected chi connectivity index (χ0v) is 8.64. The number of carbonyl (C=O) groups is 2. The zero-order valence-electron chi connectivity index (χ0n) is 8.64. The van der Waals surface area contributed by atoms with E-state index in [0.29, 0.717) is 13.0 Å². The second-order valence-corrected chi connectivity index (χ2v) is 3.31. The number of aromatic carboxylic acids is 1. The van der Waals surface area contributed by atoms with Gasteiger partial charge in [0.2, 0.25) is 0 Å². The summed E-state index contributed by atoms with van der Waals surface area (Å²) in [6, 6.07) is 6.32. The van der Waals surface area contributed by atoms with Gasteiger partial charge in [-0.1, -0.05) is 0 Å². The first-order valence-corrected chi connectivity index (χ1v) is 4.88. The fraction of sp³-hybridized carbons (Fsp3) is 0.273. The van der Waals surface area contributed by atoms with Gasteiger partial charge in [-0.25, -0.2) is 4.79 Å². The summed E-state index contributed by atoms with van der Waals surface area (Å²) in [5, 5.41) is 20.1. The average Bonchev–Trinajstić information content (AvgIpc) is 2.25. The van der Waals surface area contributed by atoms with E-state index in [2.05, 4.69) is 5.32 Å². The minimum atomic E-state index is -0.961. The molecule has 0 aliphatic carbocycles. The number of rotatable bonds is 6. The van der Waals surface area contributed by atoms with Crippen molar-refractivity contribution < 1.29 is 19.8 Å². The maximum atomic E-state index is 10.6. The van der Waals surface area contributed by atoms with E-state index in [1.165, 1.54) is 12.1 Å². The number of benzene rings is 1. The molecular weight excluding hydrogens is 210 g/mol. The number of anilines is 1. The van der Waals surface area contributed by atoms with Crippen LogP contribution in [0.4, 0.5) is 5.69 Å². The predicted molar refractivity (Wildman–Crippen MR) is 58.8 cm³/mol. The maximum Gasteiger partial charge on any atom is 0.335 e. The third-order valence-electron chi connectivity index (χ3n) is 2.03. The second kappa shape index (κ2) is 5.75. The van der Waals surface area contributed by atoms with Crippen LogP contribution in [0.25, 0.3) is 0 Å². The molecule has 0 fully saturated rings. The first-order chi connectivity index (χ1) is 7.59. The van der Waals surface area contributed by atoms with Gasteiger partial charge < -0.3 is 15.5 Å². The summed E-state index contributed by atoms with van der Waals surface area (Å²) in [4.78, 5) is 20.8. The molecule has 0 unspecified atom stereocenters. The molecule has 0 radical (unpaired) electrons. The largest absolute Gasteiger partial charge is 0.481 e. The van der Waals surface area contributed by atoms with Crippen molar-refractivity contribution in [1.82, 2.24) is 0 Å². The van der Waals surface area contributed by atoms with Gasteiger partial charge in [0.25, 0.3) is 0 Å². The minimum absolute atomic E-state index is 0.125. The van der Waals surface area contributed by atoms with Crippen LogP contribution < -0.4 is 5.32 Å². The Morgan fingerprint density at radius 2 is 1.75 bits per heavy atom. The molecule has 16 heavy (non-hydrogen) atoms. The van der Waals surface area contributed by atoms with Crippen LogP contribution in [0.1, 0.15) is 23.2 Å². The third-order valence-corrected chi connectivity index (χ3v) is 2.03. The van der Waals surface area contributed by atoms with Gasteiger partial charge in [-0.3, -0.25) is 4.79 Å². The Bertz CT molecular complexity index is 372. The van der Waals surface area contributed by atoms with Crippen LogP contribution in [0, 0.1) is 0 Å². The molecule has 86 valence electrons. The van der Waals surface area contributed by atoms with Crippen LogP contribution in [0.2, 0.25) is 0 Å². The predicted octanol–water partition coefficient (Wildman–Crippen LogP) is 1.66. The van der Waals surface area contributed by atoms with E-state index >= 15 is 0 Å². The zero-order chi connectivity index (χ0) is 12.0. The SMILES string of the molecule is O=C(O)CCCNc1ccc(C(=O)O)cc1. The smallest absolute Gasteiger partial charge is 0.335 e. The van der Waals surface area contributed by atoms with Gasteiger partial charge in [-0.15, -0.1) is 0 Å². The van der Waals surface area contributed by atoms with Gasteiger partial charge in [-0.2, -0.15) is 0 Å². The van der Waals surface area contributed by atoms with E-state index in [-0.39, 0.29) is 12.0 Å². The molecule has 1 aromatic rings. The number of carboxylic acids is 2. The molecule has 5 heteroatoms. The molecule has 0 saturated carbocycles. The van der Waals surface area contributed by atoms with Gasteiger partial charge in [0.05, 0.1) is 5.56 Å². The molecule has 3 N–H and O–H groups in total. The maximum absolute atomic E-state index is 10.6. The molecule has 5 nitrogen and oxygen atoms in total. The molecule has 1 rings (SSSR count). The molecule has 0 bridgehead atoms. The monoisotopic (exact) mass is 223 g/mol. The quantitative estimate of drug-likeness (QED) is 0.638. The van der Waals surface area contributed by atoms with Crippen LogP contribution in [0.5, 0.6) is 0 Å². The summed E-state index contributed by atoms with van der Waals surface area (Å²) >= 11 is 0. The third kappa shape index (κ3) is 4.00. The summed E-state index contributed by atoms with van der Waals surface area (Å²) in [6.07, 6.45) is 0.663. The number of nitrogens with one attached hydrogen (secondary N) is 1. The number of carboxylic acid groups (broad SMARTS) is 2. The number of hydrogen-bond acceptors (Lipinski definition) is 3. The summed E-state index contributed by atoms with van der Waals surface area (Å²) < 4.78 is 0. The van der Waals surface area contributed by atoms with Crippen LogP contribution >= 0.6 is 0 Å². The lowest BCUT2D eigenvalue weighted by Gasteiger charge is -2.05. The molecule has 0 aliphatic rings. The molecule has 0 atom stereocenters. The normalized spacial score (nSPS) is 9.75. The molecular formula is C11H13NO4. The van der Waals surface area contributed by atoms with Crippen LogP contribution in [0.15, 0.2) is 24.3 Å². The van der Waals surface area contributed by atoms with Gasteiger partial charge in [0, 0.05) is 18.7 Å². The Kier molecular flexibility index (Phi) is 4.32. The van der Waals surface area contributed by atoms with Crippen molar-refractivity contribution in [2.24, 2.45) is 0 Å². The standard InChI is InChI=1S/C11H13NO4/c13-10(14)2-1-7-12-9-5-3-8(4-6-9)11(15)16/h3-6,12H,1-2,7H2,(H,13,14)(H,15,16). The first-order valence-electron chi connectivity index (χ1n) is 4.88. The second-order valence-electron chi connectivity index (χ2n) is 3.31. The minimum Gasteiger partial charge on any atom is -0.481 e. The van der Waals surface area contributed by atoms with Crippen molar-refractivity contribution in [3.63, 3.8) is 0 Å². The Balaban J connectivity index is 2.38. The molecule has 0 aromatic heterocycles. The van der Waals surface area contributed by atoms with Crippen molar-refractivity contribution in [2.75, 3.05) is 11.9 Å². The number of aliphatic carboxylic acids is 1. The van der Waals surface area contributed by atoms with E-state index in [9.17, 15) is 9.59 Å². The van der Waals surface area contributed by atoms with Crippen molar-refractivity contribution >= 4 is 17.6 Å². The van der Waals surface area contributed by atoms with Gasteiger partial charge in [0.1, 0.15) is 0 Å². The Labute approximate surface area is 92.7 Å². The lowest BCUT2D eigenvalue weighted by atomic mass is 10.2. The topological polar surface area (TPSA) is 86.6 Å². The van der Waals surface area contributed by atoms with Crippen LogP contribution in [0.3, 0.4) is 0 Å². The summed E-state index contributed by atoms with van der Waals surface area (Å²) in [5.74, 6) is -1.78. The van der Waals surface area contributed by atoms with Gasteiger partial charge in [0.15, 0.2) is 0 Å². The highest BCUT2D eigenvalue weighted by Gasteiger charge is 2.01. The van der Waals surface area contributed by atoms with E-state index in [4.69, 9.17) is 10.2 Å². The fourth-order valence-corrected chi connectivity index (χ4v) is 1.20. The Morgan fingerprint density at radius 1 is 1.12 bits per heavy atom. The highest BCUT2D eigenvalue weighted by molar-refractivity contribution is 5.87. The molecule has 1 aromatic carbocycles. The van der Waals surface area contributed by atoms with Crippen molar-refractivity contribution in [1.29, 1.82) is 0 Å². The van der Waals surface area contributed by atoms with Crippen molar-refractivity contribution in [3.05, 3.63) is 29.8 Å². The average molecular weight is 223 g/mol. The Hall–Kier alpha value is -2.04. The molecule has 0 saturated heterocycles. The van der Waals surface area contributed by atoms with Crippen molar-refractivity contribution in [3.8, 4) is 0 Å². The molecule has 0 spiro atoms. The lowest BCUT2D eigenvalue weighted by molar-refractivity contribution is -0.137.